The molecule has 0 unspecified atom stereocenters. The number of rotatable bonds is 8. The van der Waals surface area contributed by atoms with E-state index >= 15 is 0 Å². The molecule has 0 bridgehead atoms. The number of para-hydroxylation sites is 2. The first-order valence-corrected chi connectivity index (χ1v) is 9.27. The number of hydrogen-bond donors (Lipinski definition) is 4. The topological polar surface area (TPSA) is 132 Å². The standard InChI is InChI=1S/C21H23N5O4/c1-3-30-20(28)18-17(22)19(24-15-6-4-5-7-16(15)29-2)26-21(25-18)23-14-10-8-13(12-27)9-11-14/h4-11,27H,3,12,22H2,1-2H3,(H2,23,24,25,26). The number of carbonyl (C=O) groups is 1. The molecule has 2 aromatic carbocycles. The van der Waals surface area contributed by atoms with Crippen molar-refractivity contribution in [3.63, 3.8) is 0 Å². The number of nitrogens with zero attached hydrogens (tertiary/aromatic N) is 2. The van der Waals surface area contributed by atoms with E-state index in [1.165, 1.54) is 0 Å². The van der Waals surface area contributed by atoms with Crippen LogP contribution in [0.25, 0.3) is 0 Å². The Morgan fingerprint density at radius 1 is 1.10 bits per heavy atom. The summed E-state index contributed by atoms with van der Waals surface area (Å²) in [6.07, 6.45) is 0. The fraction of sp³-hybridized carbons (Fsp3) is 0.190. The second-order valence-corrected chi connectivity index (χ2v) is 6.18. The first kappa shape index (κ1) is 20.9. The molecule has 0 saturated carbocycles. The number of aromatic nitrogens is 2. The highest BCUT2D eigenvalue weighted by atomic mass is 16.5. The fourth-order valence-electron chi connectivity index (χ4n) is 2.67. The van der Waals surface area contributed by atoms with Crippen molar-refractivity contribution < 1.29 is 19.4 Å². The molecule has 30 heavy (non-hydrogen) atoms. The number of esters is 1. The molecular formula is C21H23N5O4. The second-order valence-electron chi connectivity index (χ2n) is 6.18. The van der Waals surface area contributed by atoms with Crippen LogP contribution in [0.4, 0.5) is 28.8 Å². The van der Waals surface area contributed by atoms with Crippen LogP contribution in [0.15, 0.2) is 48.5 Å². The lowest BCUT2D eigenvalue weighted by molar-refractivity contribution is 0.0521. The van der Waals surface area contributed by atoms with Crippen molar-refractivity contribution in [1.82, 2.24) is 9.97 Å². The molecule has 9 nitrogen and oxygen atoms in total. The quantitative estimate of drug-likeness (QED) is 0.414. The number of methoxy groups -OCH3 is 1. The molecule has 0 aliphatic carbocycles. The minimum absolute atomic E-state index is 0.0561. The maximum absolute atomic E-state index is 12.4. The molecule has 0 radical (unpaired) electrons. The Bertz CT molecular complexity index is 1020. The third-order valence-corrected chi connectivity index (χ3v) is 4.17. The van der Waals surface area contributed by atoms with Crippen LogP contribution >= 0.6 is 0 Å². The Morgan fingerprint density at radius 3 is 2.50 bits per heavy atom. The summed E-state index contributed by atoms with van der Waals surface area (Å²) in [4.78, 5) is 21.0. The summed E-state index contributed by atoms with van der Waals surface area (Å²) in [5.74, 6) is 0.315. The van der Waals surface area contributed by atoms with E-state index in [1.807, 2.05) is 12.1 Å². The average molecular weight is 409 g/mol. The molecule has 0 amide bonds. The average Bonchev–Trinajstić information content (AvgIpc) is 2.77. The Balaban J connectivity index is 2.00. The van der Waals surface area contributed by atoms with Crippen LogP contribution in [0.3, 0.4) is 0 Å². The van der Waals surface area contributed by atoms with Gasteiger partial charge in [0, 0.05) is 5.69 Å². The summed E-state index contributed by atoms with van der Waals surface area (Å²) in [5, 5.41) is 15.3. The largest absolute Gasteiger partial charge is 0.495 e. The van der Waals surface area contributed by atoms with Gasteiger partial charge in [-0.15, -0.1) is 0 Å². The lowest BCUT2D eigenvalue weighted by Crippen LogP contribution is -2.15. The van der Waals surface area contributed by atoms with E-state index in [4.69, 9.17) is 15.2 Å². The van der Waals surface area contributed by atoms with Gasteiger partial charge in [-0.1, -0.05) is 24.3 Å². The highest BCUT2D eigenvalue weighted by Gasteiger charge is 2.20. The molecule has 9 heteroatoms. The Morgan fingerprint density at radius 2 is 1.83 bits per heavy atom. The van der Waals surface area contributed by atoms with Crippen LogP contribution in [-0.4, -0.2) is 34.8 Å². The number of hydrogen-bond acceptors (Lipinski definition) is 9. The van der Waals surface area contributed by atoms with Crippen LogP contribution in [-0.2, 0) is 11.3 Å². The zero-order chi connectivity index (χ0) is 21.5. The van der Waals surface area contributed by atoms with Crippen molar-refractivity contribution >= 4 is 34.8 Å². The maximum atomic E-state index is 12.4. The monoisotopic (exact) mass is 409 g/mol. The summed E-state index contributed by atoms with van der Waals surface area (Å²) in [5.41, 5.74) is 8.24. The van der Waals surface area contributed by atoms with Gasteiger partial charge in [-0.3, -0.25) is 0 Å². The lowest BCUT2D eigenvalue weighted by atomic mass is 10.2. The first-order valence-electron chi connectivity index (χ1n) is 9.27. The van der Waals surface area contributed by atoms with Gasteiger partial charge in [0.25, 0.3) is 0 Å². The number of carbonyl (C=O) groups excluding carboxylic acids is 1. The fourth-order valence-corrected chi connectivity index (χ4v) is 2.67. The van der Waals surface area contributed by atoms with E-state index < -0.39 is 5.97 Å². The van der Waals surface area contributed by atoms with Crippen molar-refractivity contribution in [3.05, 3.63) is 59.8 Å². The molecule has 0 fully saturated rings. The molecule has 156 valence electrons. The van der Waals surface area contributed by atoms with Crippen LogP contribution in [0.5, 0.6) is 5.75 Å². The summed E-state index contributed by atoms with van der Waals surface area (Å²) < 4.78 is 10.4. The van der Waals surface area contributed by atoms with Crippen molar-refractivity contribution in [2.24, 2.45) is 0 Å². The normalized spacial score (nSPS) is 10.4. The zero-order valence-corrected chi connectivity index (χ0v) is 16.7. The molecule has 3 aromatic rings. The maximum Gasteiger partial charge on any atom is 0.359 e. The van der Waals surface area contributed by atoms with Gasteiger partial charge in [-0.25, -0.2) is 9.78 Å². The van der Waals surface area contributed by atoms with E-state index in [0.717, 1.165) is 5.56 Å². The summed E-state index contributed by atoms with van der Waals surface area (Å²) >= 11 is 0. The third kappa shape index (κ3) is 4.76. The van der Waals surface area contributed by atoms with Crippen molar-refractivity contribution in [3.8, 4) is 5.75 Å². The highest BCUT2D eigenvalue weighted by molar-refractivity contribution is 5.96. The predicted octanol–water partition coefficient (Wildman–Crippen LogP) is 3.22. The molecule has 0 aliphatic heterocycles. The van der Waals surface area contributed by atoms with Gasteiger partial charge in [-0.2, -0.15) is 4.98 Å². The van der Waals surface area contributed by atoms with Crippen LogP contribution in [0.2, 0.25) is 0 Å². The van der Waals surface area contributed by atoms with Crippen LogP contribution < -0.4 is 21.1 Å². The van der Waals surface area contributed by atoms with Gasteiger partial charge in [0.05, 0.1) is 26.0 Å². The summed E-state index contributed by atoms with van der Waals surface area (Å²) in [7, 11) is 1.55. The number of nitrogens with two attached hydrogens (primary N) is 1. The molecule has 0 saturated heterocycles. The molecule has 1 aromatic heterocycles. The molecule has 5 N–H and O–H groups in total. The van der Waals surface area contributed by atoms with Gasteiger partial charge in [0.2, 0.25) is 5.95 Å². The van der Waals surface area contributed by atoms with Gasteiger partial charge in [-0.05, 0) is 36.8 Å². The van der Waals surface area contributed by atoms with Gasteiger partial charge in [0.1, 0.15) is 11.4 Å². The van der Waals surface area contributed by atoms with Crippen molar-refractivity contribution in [2.45, 2.75) is 13.5 Å². The number of aliphatic hydroxyl groups is 1. The molecule has 3 rings (SSSR count). The lowest BCUT2D eigenvalue weighted by Gasteiger charge is -2.15. The minimum atomic E-state index is -0.654. The SMILES string of the molecule is CCOC(=O)c1nc(Nc2ccc(CO)cc2)nc(Nc2ccccc2OC)c1N. The first-order chi connectivity index (χ1) is 14.5. The Labute approximate surface area is 173 Å². The summed E-state index contributed by atoms with van der Waals surface area (Å²) in [6, 6.07) is 14.3. The number of aliphatic hydroxyl groups excluding tert-OH is 1. The highest BCUT2D eigenvalue weighted by Crippen LogP contribution is 2.31. The third-order valence-electron chi connectivity index (χ3n) is 4.17. The van der Waals surface area contributed by atoms with Crippen LogP contribution in [0, 0.1) is 0 Å². The Hall–Kier alpha value is -3.85. The number of benzene rings is 2. The number of nitrogen functional groups attached to an aromatic ring is 1. The number of anilines is 5. The Kier molecular flexibility index (Phi) is 6.66. The molecule has 1 heterocycles. The molecule has 0 atom stereocenters. The van der Waals surface area contributed by atoms with E-state index in [1.54, 1.807) is 50.4 Å². The minimum Gasteiger partial charge on any atom is -0.495 e. The molecule has 0 aliphatic rings. The van der Waals surface area contributed by atoms with E-state index in [2.05, 4.69) is 20.6 Å². The van der Waals surface area contributed by atoms with E-state index in [0.29, 0.717) is 17.1 Å². The summed E-state index contributed by atoms with van der Waals surface area (Å²) in [6.45, 7) is 1.83. The van der Waals surface area contributed by atoms with Gasteiger partial charge in [0.15, 0.2) is 11.5 Å². The smallest absolute Gasteiger partial charge is 0.359 e. The second kappa shape index (κ2) is 9.57. The van der Waals surface area contributed by atoms with Crippen LogP contribution in [0.1, 0.15) is 23.0 Å². The zero-order valence-electron chi connectivity index (χ0n) is 16.7. The molecule has 0 spiro atoms. The number of nitrogens with one attached hydrogen (secondary N) is 2. The molecular weight excluding hydrogens is 386 g/mol. The van der Waals surface area contributed by atoms with Crippen molar-refractivity contribution in [2.75, 3.05) is 30.1 Å². The van der Waals surface area contributed by atoms with E-state index in [9.17, 15) is 9.90 Å². The van der Waals surface area contributed by atoms with Gasteiger partial charge < -0.3 is 30.9 Å². The van der Waals surface area contributed by atoms with E-state index in [-0.39, 0.29) is 36.4 Å². The van der Waals surface area contributed by atoms with Gasteiger partial charge >= 0.3 is 5.97 Å². The number of ether oxygens (including phenoxy) is 2. The van der Waals surface area contributed by atoms with Crippen molar-refractivity contribution in [1.29, 1.82) is 0 Å². The predicted molar refractivity (Wildman–Crippen MR) is 114 cm³/mol.